The maximum absolute atomic E-state index is 11.3. The van der Waals surface area contributed by atoms with E-state index in [2.05, 4.69) is 0 Å². The Bertz CT molecular complexity index is 567. The smallest absolute Gasteiger partial charge is 0.302 e. The van der Waals surface area contributed by atoms with Crippen LogP contribution in [0.15, 0.2) is 0 Å². The number of carbonyl (C=O) groups is 1. The summed E-state index contributed by atoms with van der Waals surface area (Å²) in [5.74, 6) is -1.43. The van der Waals surface area contributed by atoms with Crippen LogP contribution in [0.5, 0.6) is 0 Å². The molecule has 5 rings (SSSR count). The summed E-state index contributed by atoms with van der Waals surface area (Å²) in [4.78, 5) is 11.3. The molecule has 0 aromatic rings. The number of carbonyl (C=O) groups excluding carboxylic acids is 1. The lowest BCUT2D eigenvalue weighted by atomic mass is 9.94. The zero-order chi connectivity index (χ0) is 18.5. The summed E-state index contributed by atoms with van der Waals surface area (Å²) in [6, 6.07) is 0. The zero-order valence-electron chi connectivity index (χ0n) is 16.0. The molecule has 0 amide bonds. The first-order chi connectivity index (χ1) is 13.1. The maximum Gasteiger partial charge on any atom is 0.302 e. The Kier molecular flexibility index (Phi) is 4.71. The summed E-state index contributed by atoms with van der Waals surface area (Å²) < 4.78 is 37.2. The van der Waals surface area contributed by atoms with Crippen LogP contribution in [0.25, 0.3) is 0 Å². The van der Waals surface area contributed by atoms with Crippen LogP contribution in [-0.4, -0.2) is 54.9 Å². The van der Waals surface area contributed by atoms with Gasteiger partial charge in [0.25, 0.3) is 0 Å². The van der Waals surface area contributed by atoms with Gasteiger partial charge >= 0.3 is 5.97 Å². The molecule has 2 saturated carbocycles. The monoisotopic (exact) mass is 382 g/mol. The molecule has 0 unspecified atom stereocenters. The van der Waals surface area contributed by atoms with E-state index in [1.54, 1.807) is 0 Å². The lowest BCUT2D eigenvalue weighted by Crippen LogP contribution is -2.56. The molecule has 0 bridgehead atoms. The minimum Gasteiger partial charge on any atom is -0.463 e. The number of fused-ring (bicyclic) bond motifs is 3. The highest BCUT2D eigenvalue weighted by Gasteiger charge is 2.64. The highest BCUT2D eigenvalue weighted by Crippen LogP contribution is 2.50. The van der Waals surface area contributed by atoms with Crippen molar-refractivity contribution in [3.05, 3.63) is 0 Å². The number of ether oxygens (including phenoxy) is 6. The summed E-state index contributed by atoms with van der Waals surface area (Å²) in [6.07, 6.45) is 8.68. The number of hydrogen-bond acceptors (Lipinski definition) is 7. The quantitative estimate of drug-likeness (QED) is 0.680. The van der Waals surface area contributed by atoms with Gasteiger partial charge in [0.05, 0.1) is 0 Å². The van der Waals surface area contributed by atoms with Gasteiger partial charge in [0, 0.05) is 32.6 Å². The van der Waals surface area contributed by atoms with Gasteiger partial charge in [-0.15, -0.1) is 0 Å². The van der Waals surface area contributed by atoms with Crippen molar-refractivity contribution in [1.29, 1.82) is 0 Å². The van der Waals surface area contributed by atoms with E-state index in [0.717, 1.165) is 51.4 Å². The van der Waals surface area contributed by atoms with Gasteiger partial charge in [-0.2, -0.15) is 0 Å². The van der Waals surface area contributed by atoms with E-state index in [1.165, 1.54) is 19.8 Å². The first-order valence-electron chi connectivity index (χ1n) is 10.6. The molecule has 27 heavy (non-hydrogen) atoms. The van der Waals surface area contributed by atoms with Crippen molar-refractivity contribution in [2.24, 2.45) is 0 Å². The normalized spacial score (nSPS) is 42.0. The lowest BCUT2D eigenvalue weighted by Gasteiger charge is -2.36. The average molecular weight is 382 g/mol. The van der Waals surface area contributed by atoms with Gasteiger partial charge in [-0.1, -0.05) is 12.8 Å². The molecule has 5 aliphatic rings. The summed E-state index contributed by atoms with van der Waals surface area (Å²) in [5, 5.41) is 0. The minimum atomic E-state index is -0.555. The Morgan fingerprint density at radius 3 is 2.00 bits per heavy atom. The Hall–Kier alpha value is -0.730. The Balaban J connectivity index is 1.38. The molecule has 152 valence electrons. The predicted molar refractivity (Wildman–Crippen MR) is 92.6 cm³/mol. The summed E-state index contributed by atoms with van der Waals surface area (Å²) in [5.41, 5.74) is 0. The van der Waals surface area contributed by atoms with Crippen molar-refractivity contribution in [2.75, 3.05) is 6.61 Å². The number of rotatable bonds is 2. The van der Waals surface area contributed by atoms with E-state index in [4.69, 9.17) is 28.4 Å². The van der Waals surface area contributed by atoms with Crippen molar-refractivity contribution in [1.82, 2.24) is 0 Å². The SMILES string of the molecule is CC(=O)OC[C@H]1O[C@@H]2OC3(CCCCC3)O[C@@H]2[C@@H]2OC3(CCCCC3)O[C@@H]21. The lowest BCUT2D eigenvalue weighted by molar-refractivity contribution is -0.255. The van der Waals surface area contributed by atoms with Crippen molar-refractivity contribution in [3.63, 3.8) is 0 Å². The third-order valence-corrected chi connectivity index (χ3v) is 6.66. The van der Waals surface area contributed by atoms with E-state index in [0.29, 0.717) is 0 Å². The molecule has 0 aromatic heterocycles. The highest BCUT2D eigenvalue weighted by atomic mass is 16.9. The molecule has 0 aromatic carbocycles. The topological polar surface area (TPSA) is 72.5 Å². The third kappa shape index (κ3) is 3.31. The van der Waals surface area contributed by atoms with Crippen molar-refractivity contribution in [2.45, 2.75) is 113 Å². The molecular formula is C20H30O7. The molecule has 0 radical (unpaired) electrons. The van der Waals surface area contributed by atoms with Gasteiger partial charge in [0.1, 0.15) is 31.0 Å². The van der Waals surface area contributed by atoms with Crippen molar-refractivity contribution >= 4 is 5.97 Å². The Morgan fingerprint density at radius 2 is 1.37 bits per heavy atom. The molecule has 5 fully saturated rings. The van der Waals surface area contributed by atoms with Gasteiger partial charge in [0.2, 0.25) is 0 Å². The van der Waals surface area contributed by atoms with E-state index < -0.39 is 24.0 Å². The van der Waals surface area contributed by atoms with Crippen LogP contribution in [-0.2, 0) is 33.2 Å². The van der Waals surface area contributed by atoms with Crippen LogP contribution < -0.4 is 0 Å². The van der Waals surface area contributed by atoms with Gasteiger partial charge in [-0.25, -0.2) is 0 Å². The first-order valence-corrected chi connectivity index (χ1v) is 10.6. The Labute approximate surface area is 159 Å². The van der Waals surface area contributed by atoms with Crippen molar-refractivity contribution in [3.8, 4) is 0 Å². The number of esters is 1. The highest BCUT2D eigenvalue weighted by molar-refractivity contribution is 5.65. The molecular weight excluding hydrogens is 352 g/mol. The van der Waals surface area contributed by atoms with E-state index in [1.807, 2.05) is 0 Å². The predicted octanol–water partition coefficient (Wildman–Crippen LogP) is 2.79. The fourth-order valence-corrected chi connectivity index (χ4v) is 5.37. The second-order valence-corrected chi connectivity index (χ2v) is 8.65. The number of hydrogen-bond donors (Lipinski definition) is 0. The fourth-order valence-electron chi connectivity index (χ4n) is 5.37. The van der Waals surface area contributed by atoms with Gasteiger partial charge in [0.15, 0.2) is 17.9 Å². The Morgan fingerprint density at radius 1 is 0.815 bits per heavy atom. The molecule has 7 heteroatoms. The summed E-state index contributed by atoms with van der Waals surface area (Å²) >= 11 is 0. The molecule has 7 nitrogen and oxygen atoms in total. The molecule has 3 saturated heterocycles. The van der Waals surface area contributed by atoms with Crippen LogP contribution in [0.4, 0.5) is 0 Å². The minimum absolute atomic E-state index is 0.148. The van der Waals surface area contributed by atoms with Crippen molar-refractivity contribution < 1.29 is 33.2 Å². The third-order valence-electron chi connectivity index (χ3n) is 6.66. The average Bonchev–Trinajstić information content (AvgIpc) is 3.19. The molecule has 5 atom stereocenters. The van der Waals surface area contributed by atoms with E-state index >= 15 is 0 Å². The van der Waals surface area contributed by atoms with Gasteiger partial charge < -0.3 is 28.4 Å². The van der Waals surface area contributed by atoms with E-state index in [-0.39, 0.29) is 30.9 Å². The standard InChI is InChI=1S/C20H30O7/c1-13(21)22-12-14-15-16(25-19(24-15)8-4-2-5-9-19)17-18(23-14)27-20(26-17)10-6-3-7-11-20/h14-18H,2-12H2,1H3/t14-,15-,16-,17-,18-/m1/s1. The first kappa shape index (κ1) is 18.3. The molecule has 3 heterocycles. The largest absolute Gasteiger partial charge is 0.463 e. The second kappa shape index (κ2) is 6.95. The molecule has 2 spiro atoms. The molecule has 2 aliphatic carbocycles. The van der Waals surface area contributed by atoms with Crippen LogP contribution >= 0.6 is 0 Å². The fraction of sp³-hybridized carbons (Fsp3) is 0.950. The second-order valence-electron chi connectivity index (χ2n) is 8.65. The van der Waals surface area contributed by atoms with Gasteiger partial charge in [-0.3, -0.25) is 4.79 Å². The van der Waals surface area contributed by atoms with Crippen LogP contribution in [0.1, 0.15) is 71.1 Å². The molecule has 0 N–H and O–H groups in total. The summed E-state index contributed by atoms with van der Waals surface area (Å²) in [7, 11) is 0. The maximum atomic E-state index is 11.3. The van der Waals surface area contributed by atoms with E-state index in [9.17, 15) is 4.79 Å². The summed E-state index contributed by atoms with van der Waals surface area (Å²) in [6.45, 7) is 1.56. The molecule has 3 aliphatic heterocycles. The van der Waals surface area contributed by atoms with Crippen LogP contribution in [0, 0.1) is 0 Å². The van der Waals surface area contributed by atoms with Gasteiger partial charge in [-0.05, 0) is 25.7 Å². The van der Waals surface area contributed by atoms with Crippen LogP contribution in [0.2, 0.25) is 0 Å². The zero-order valence-corrected chi connectivity index (χ0v) is 16.0. The van der Waals surface area contributed by atoms with Crippen LogP contribution in [0.3, 0.4) is 0 Å².